The number of nitrogens with two attached hydrogens (primary N) is 1. The second-order valence-corrected chi connectivity index (χ2v) is 4.95. The van der Waals surface area contributed by atoms with Gasteiger partial charge in [-0.25, -0.2) is 0 Å². The molecule has 0 amide bonds. The number of hydrogen-bond acceptors (Lipinski definition) is 3. The number of carbonyl (C=O) groups is 1. The van der Waals surface area contributed by atoms with Gasteiger partial charge in [0.1, 0.15) is 5.75 Å². The summed E-state index contributed by atoms with van der Waals surface area (Å²) < 4.78 is 5.60. The van der Waals surface area contributed by atoms with Gasteiger partial charge in [0.2, 0.25) is 0 Å². The molecule has 0 fully saturated rings. The number of Topliss-reactive ketones (excluding diaryl/α,β-unsaturated/α-hetero) is 1. The smallest absolute Gasteiger partial charge is 0.184 e. The van der Waals surface area contributed by atoms with Gasteiger partial charge in [-0.2, -0.15) is 0 Å². The van der Waals surface area contributed by atoms with Crippen LogP contribution >= 0.6 is 0 Å². The van der Waals surface area contributed by atoms with Crippen LogP contribution in [0.5, 0.6) is 5.75 Å². The molecule has 0 spiro atoms. The predicted octanol–water partition coefficient (Wildman–Crippen LogP) is 3.36. The molecule has 0 aromatic heterocycles. The molecule has 0 aliphatic heterocycles. The van der Waals surface area contributed by atoms with Crippen LogP contribution in [0.4, 0.5) is 0 Å². The molecule has 1 atom stereocenters. The zero-order chi connectivity index (χ0) is 14.5. The highest BCUT2D eigenvalue weighted by Crippen LogP contribution is 2.20. The molecule has 3 heteroatoms. The Bertz CT molecular complexity index is 579. The van der Waals surface area contributed by atoms with Gasteiger partial charge >= 0.3 is 0 Å². The number of benzene rings is 2. The van der Waals surface area contributed by atoms with E-state index in [4.69, 9.17) is 10.5 Å². The van der Waals surface area contributed by atoms with E-state index in [1.165, 1.54) is 0 Å². The maximum absolute atomic E-state index is 12.4. The first-order valence-corrected chi connectivity index (χ1v) is 6.69. The van der Waals surface area contributed by atoms with Crippen LogP contribution in [0.1, 0.15) is 35.8 Å². The number of hydrogen-bond donors (Lipinski definition) is 1. The molecule has 3 nitrogen and oxygen atoms in total. The van der Waals surface area contributed by atoms with E-state index in [9.17, 15) is 4.79 Å². The minimum Gasteiger partial charge on any atom is -0.491 e. The second kappa shape index (κ2) is 6.35. The Labute approximate surface area is 119 Å². The summed E-state index contributed by atoms with van der Waals surface area (Å²) in [6.07, 6.45) is 0.0724. The van der Waals surface area contributed by atoms with Crippen molar-refractivity contribution in [2.24, 2.45) is 5.73 Å². The van der Waals surface area contributed by atoms with Gasteiger partial charge in [0.25, 0.3) is 0 Å². The summed E-state index contributed by atoms with van der Waals surface area (Å²) in [4.78, 5) is 12.4. The van der Waals surface area contributed by atoms with E-state index in [0.29, 0.717) is 11.3 Å². The molecule has 0 bridgehead atoms. The van der Waals surface area contributed by atoms with Crippen LogP contribution in [0.25, 0.3) is 0 Å². The fourth-order valence-corrected chi connectivity index (χ4v) is 1.99. The van der Waals surface area contributed by atoms with Crippen LogP contribution in [0, 0.1) is 0 Å². The SMILES string of the molecule is CC(C)Oc1cccc(C(=O)[C@H](N)c2ccccc2)c1. The van der Waals surface area contributed by atoms with Gasteiger partial charge in [0, 0.05) is 5.56 Å². The fourth-order valence-electron chi connectivity index (χ4n) is 1.99. The zero-order valence-electron chi connectivity index (χ0n) is 11.7. The summed E-state index contributed by atoms with van der Waals surface area (Å²) in [5, 5.41) is 0. The van der Waals surface area contributed by atoms with Gasteiger partial charge in [-0.3, -0.25) is 4.79 Å². The third-order valence-corrected chi connectivity index (χ3v) is 2.93. The van der Waals surface area contributed by atoms with Crippen molar-refractivity contribution in [3.8, 4) is 5.75 Å². The van der Waals surface area contributed by atoms with Crippen molar-refractivity contribution in [2.45, 2.75) is 26.0 Å². The van der Waals surface area contributed by atoms with E-state index in [2.05, 4.69) is 0 Å². The van der Waals surface area contributed by atoms with Crippen molar-refractivity contribution in [2.75, 3.05) is 0 Å². The lowest BCUT2D eigenvalue weighted by Gasteiger charge is -2.13. The minimum atomic E-state index is -0.648. The summed E-state index contributed by atoms with van der Waals surface area (Å²) in [7, 11) is 0. The van der Waals surface area contributed by atoms with Crippen molar-refractivity contribution in [3.63, 3.8) is 0 Å². The van der Waals surface area contributed by atoms with Gasteiger partial charge in [-0.15, -0.1) is 0 Å². The van der Waals surface area contributed by atoms with E-state index in [1.54, 1.807) is 12.1 Å². The first kappa shape index (κ1) is 14.3. The van der Waals surface area contributed by atoms with Gasteiger partial charge in [0.15, 0.2) is 5.78 Å². The summed E-state index contributed by atoms with van der Waals surface area (Å²) in [6.45, 7) is 3.90. The Balaban J connectivity index is 2.21. The Morgan fingerprint density at radius 3 is 2.40 bits per heavy atom. The van der Waals surface area contributed by atoms with Crippen LogP contribution in [-0.2, 0) is 0 Å². The lowest BCUT2D eigenvalue weighted by molar-refractivity contribution is 0.0960. The van der Waals surface area contributed by atoms with E-state index < -0.39 is 6.04 Å². The van der Waals surface area contributed by atoms with Crippen LogP contribution < -0.4 is 10.5 Å². The quantitative estimate of drug-likeness (QED) is 0.847. The monoisotopic (exact) mass is 269 g/mol. The molecule has 0 radical (unpaired) electrons. The molecular weight excluding hydrogens is 250 g/mol. The summed E-state index contributed by atoms with van der Waals surface area (Å²) >= 11 is 0. The molecule has 2 rings (SSSR count). The average molecular weight is 269 g/mol. The van der Waals surface area contributed by atoms with Crippen molar-refractivity contribution < 1.29 is 9.53 Å². The van der Waals surface area contributed by atoms with E-state index >= 15 is 0 Å². The Hall–Kier alpha value is -2.13. The molecule has 2 aromatic rings. The maximum atomic E-state index is 12.4. The molecule has 2 N–H and O–H groups in total. The van der Waals surface area contributed by atoms with Gasteiger partial charge in [0.05, 0.1) is 12.1 Å². The van der Waals surface area contributed by atoms with Crippen molar-refractivity contribution >= 4 is 5.78 Å². The third kappa shape index (κ3) is 3.45. The Morgan fingerprint density at radius 1 is 1.05 bits per heavy atom. The number of ketones is 1. The molecule has 0 unspecified atom stereocenters. The molecule has 0 aliphatic carbocycles. The standard InChI is InChI=1S/C17H19NO2/c1-12(2)20-15-10-6-9-14(11-15)17(19)16(18)13-7-4-3-5-8-13/h3-12,16H,18H2,1-2H3/t16-/m1/s1. The third-order valence-electron chi connectivity index (χ3n) is 2.93. The highest BCUT2D eigenvalue weighted by Gasteiger charge is 2.17. The van der Waals surface area contributed by atoms with Crippen LogP contribution in [0.3, 0.4) is 0 Å². The highest BCUT2D eigenvalue weighted by molar-refractivity contribution is 6.00. The molecule has 2 aromatic carbocycles. The Kier molecular flexibility index (Phi) is 4.53. The maximum Gasteiger partial charge on any atom is 0.184 e. The predicted molar refractivity (Wildman–Crippen MR) is 79.9 cm³/mol. The summed E-state index contributed by atoms with van der Waals surface area (Å²) in [5.74, 6) is 0.580. The number of ether oxygens (including phenoxy) is 1. The molecular formula is C17H19NO2. The van der Waals surface area contributed by atoms with Gasteiger partial charge in [-0.1, -0.05) is 42.5 Å². The molecule has 0 heterocycles. The van der Waals surface area contributed by atoms with Crippen LogP contribution in [0.2, 0.25) is 0 Å². The molecule has 20 heavy (non-hydrogen) atoms. The lowest BCUT2D eigenvalue weighted by atomic mass is 9.98. The second-order valence-electron chi connectivity index (χ2n) is 4.95. The van der Waals surface area contributed by atoms with E-state index in [1.807, 2.05) is 56.3 Å². The largest absolute Gasteiger partial charge is 0.491 e. The van der Waals surface area contributed by atoms with Crippen LogP contribution in [-0.4, -0.2) is 11.9 Å². The fraction of sp³-hybridized carbons (Fsp3) is 0.235. The van der Waals surface area contributed by atoms with E-state index in [0.717, 1.165) is 5.56 Å². The topological polar surface area (TPSA) is 52.3 Å². The number of rotatable bonds is 5. The first-order valence-electron chi connectivity index (χ1n) is 6.69. The van der Waals surface area contributed by atoms with Crippen LogP contribution in [0.15, 0.2) is 54.6 Å². The normalized spacial score (nSPS) is 12.2. The average Bonchev–Trinajstić information content (AvgIpc) is 2.46. The van der Waals surface area contributed by atoms with Crippen molar-refractivity contribution in [1.82, 2.24) is 0 Å². The zero-order valence-corrected chi connectivity index (χ0v) is 11.7. The minimum absolute atomic E-state index is 0.0724. The first-order chi connectivity index (χ1) is 9.58. The van der Waals surface area contributed by atoms with Crippen molar-refractivity contribution in [1.29, 1.82) is 0 Å². The Morgan fingerprint density at radius 2 is 1.75 bits per heavy atom. The highest BCUT2D eigenvalue weighted by atomic mass is 16.5. The molecule has 104 valence electrons. The summed E-state index contributed by atoms with van der Waals surface area (Å²) in [6, 6.07) is 15.9. The lowest BCUT2D eigenvalue weighted by Crippen LogP contribution is -2.21. The molecule has 0 saturated heterocycles. The molecule has 0 aliphatic rings. The van der Waals surface area contributed by atoms with Crippen molar-refractivity contribution in [3.05, 3.63) is 65.7 Å². The summed E-state index contributed by atoms with van der Waals surface area (Å²) in [5.41, 5.74) is 7.41. The van der Waals surface area contributed by atoms with E-state index in [-0.39, 0.29) is 11.9 Å². The van der Waals surface area contributed by atoms with Gasteiger partial charge < -0.3 is 10.5 Å². The van der Waals surface area contributed by atoms with Gasteiger partial charge in [-0.05, 0) is 31.5 Å². The molecule has 0 saturated carbocycles. The number of carbonyl (C=O) groups excluding carboxylic acids is 1.